The molecule has 0 saturated carbocycles. The van der Waals surface area contributed by atoms with E-state index in [9.17, 15) is 9.59 Å². The Bertz CT molecular complexity index is 621. The summed E-state index contributed by atoms with van der Waals surface area (Å²) in [6.07, 6.45) is 4.78. The average molecular weight is 345 g/mol. The first-order chi connectivity index (χ1) is 11.9. The van der Waals surface area contributed by atoms with Crippen LogP contribution in [0, 0.1) is 25.7 Å². The Labute approximate surface area is 150 Å². The van der Waals surface area contributed by atoms with E-state index in [1.54, 1.807) is 0 Å². The van der Waals surface area contributed by atoms with Gasteiger partial charge in [0, 0.05) is 38.3 Å². The van der Waals surface area contributed by atoms with Crippen LogP contribution in [-0.4, -0.2) is 52.8 Å². The molecule has 0 atom stereocenters. The second kappa shape index (κ2) is 7.63. The Kier molecular flexibility index (Phi) is 5.50. The van der Waals surface area contributed by atoms with Crippen molar-refractivity contribution >= 4 is 11.8 Å². The number of likely N-dealkylation sites (tertiary alicyclic amines) is 2. The number of nitrogens with zero attached hydrogens (tertiary/aromatic N) is 2. The van der Waals surface area contributed by atoms with Crippen LogP contribution in [0.1, 0.15) is 60.8 Å². The number of hydrogen-bond donors (Lipinski definition) is 1. The van der Waals surface area contributed by atoms with Crippen LogP contribution in [0.5, 0.6) is 0 Å². The molecule has 2 aliphatic rings. The molecule has 2 amide bonds. The summed E-state index contributed by atoms with van der Waals surface area (Å²) in [5, 5.41) is 0. The number of aromatic nitrogens is 1. The third-order valence-electron chi connectivity index (χ3n) is 5.86. The number of nitrogens with one attached hydrogen (secondary N) is 1. The van der Waals surface area contributed by atoms with Crippen molar-refractivity contribution < 1.29 is 9.59 Å². The molecule has 5 nitrogen and oxygen atoms in total. The van der Waals surface area contributed by atoms with Gasteiger partial charge >= 0.3 is 0 Å². The van der Waals surface area contributed by atoms with Gasteiger partial charge in [0.25, 0.3) is 5.91 Å². The zero-order valence-corrected chi connectivity index (χ0v) is 15.8. The van der Waals surface area contributed by atoms with Gasteiger partial charge in [0.1, 0.15) is 5.69 Å². The lowest BCUT2D eigenvalue weighted by Gasteiger charge is -2.34. The van der Waals surface area contributed by atoms with E-state index < -0.39 is 0 Å². The predicted molar refractivity (Wildman–Crippen MR) is 98.5 cm³/mol. The Hall–Kier alpha value is -1.78. The van der Waals surface area contributed by atoms with E-state index in [-0.39, 0.29) is 5.91 Å². The van der Waals surface area contributed by atoms with Crippen molar-refractivity contribution in [2.75, 3.05) is 26.2 Å². The molecule has 5 heteroatoms. The third kappa shape index (κ3) is 4.25. The normalized spacial score (nSPS) is 20.1. The first kappa shape index (κ1) is 18.0. The number of carbonyl (C=O) groups excluding carboxylic acids is 2. The fourth-order valence-corrected chi connectivity index (χ4v) is 4.08. The third-order valence-corrected chi connectivity index (χ3v) is 5.86. The van der Waals surface area contributed by atoms with Gasteiger partial charge in [0.2, 0.25) is 5.91 Å². The van der Waals surface area contributed by atoms with Gasteiger partial charge in [-0.15, -0.1) is 0 Å². The Balaban J connectivity index is 1.48. The maximum absolute atomic E-state index is 12.7. The Morgan fingerprint density at radius 2 is 1.64 bits per heavy atom. The van der Waals surface area contributed by atoms with E-state index in [0.29, 0.717) is 18.2 Å². The van der Waals surface area contributed by atoms with Gasteiger partial charge in [-0.05, 0) is 63.0 Å². The van der Waals surface area contributed by atoms with Gasteiger partial charge in [0.15, 0.2) is 0 Å². The Morgan fingerprint density at radius 1 is 1.04 bits per heavy atom. The molecule has 3 heterocycles. The fraction of sp³-hybridized carbons (Fsp3) is 0.700. The van der Waals surface area contributed by atoms with E-state index >= 15 is 0 Å². The number of aromatic amines is 1. The molecule has 138 valence electrons. The second-order valence-corrected chi connectivity index (χ2v) is 8.01. The number of rotatable bonds is 3. The highest BCUT2D eigenvalue weighted by Gasteiger charge is 2.28. The number of piperidine rings is 2. The minimum atomic E-state index is 0.0976. The molecule has 0 bridgehead atoms. The summed E-state index contributed by atoms with van der Waals surface area (Å²) < 4.78 is 0. The van der Waals surface area contributed by atoms with Gasteiger partial charge < -0.3 is 14.8 Å². The highest BCUT2D eigenvalue weighted by atomic mass is 16.2. The van der Waals surface area contributed by atoms with Crippen molar-refractivity contribution in [2.24, 2.45) is 11.8 Å². The standard InChI is InChI=1S/C20H31N3O2/c1-14-4-8-22(9-5-14)18(24)13-17-6-10-23(11-7-17)20(25)19-15(2)12-16(3)21-19/h12,14,17,21H,4-11,13H2,1-3H3. The van der Waals surface area contributed by atoms with E-state index in [1.165, 1.54) is 0 Å². The molecular weight excluding hydrogens is 314 g/mol. The SMILES string of the molecule is Cc1cc(C)c(C(=O)N2CCC(CC(=O)N3CCC(C)CC3)CC2)[nH]1. The molecule has 1 aromatic rings. The smallest absolute Gasteiger partial charge is 0.270 e. The molecule has 0 aliphatic carbocycles. The summed E-state index contributed by atoms with van der Waals surface area (Å²) in [4.78, 5) is 32.3. The van der Waals surface area contributed by atoms with Crippen LogP contribution in [0.2, 0.25) is 0 Å². The van der Waals surface area contributed by atoms with Gasteiger partial charge in [-0.25, -0.2) is 0 Å². The summed E-state index contributed by atoms with van der Waals surface area (Å²) in [6.45, 7) is 9.56. The number of H-pyrrole nitrogens is 1. The molecule has 1 N–H and O–H groups in total. The van der Waals surface area contributed by atoms with Gasteiger partial charge in [-0.1, -0.05) is 6.92 Å². The molecule has 0 unspecified atom stereocenters. The number of carbonyl (C=O) groups is 2. The molecular formula is C20H31N3O2. The van der Waals surface area contributed by atoms with Crippen molar-refractivity contribution in [3.63, 3.8) is 0 Å². The molecule has 0 spiro atoms. The first-order valence-corrected chi connectivity index (χ1v) is 9.67. The molecule has 0 aromatic carbocycles. The second-order valence-electron chi connectivity index (χ2n) is 8.01. The van der Waals surface area contributed by atoms with Crippen LogP contribution in [-0.2, 0) is 4.79 Å². The minimum absolute atomic E-state index is 0.0976. The monoisotopic (exact) mass is 345 g/mol. The largest absolute Gasteiger partial charge is 0.354 e. The van der Waals surface area contributed by atoms with Crippen molar-refractivity contribution in [1.29, 1.82) is 0 Å². The van der Waals surface area contributed by atoms with Gasteiger partial charge in [-0.2, -0.15) is 0 Å². The van der Waals surface area contributed by atoms with Crippen LogP contribution in [0.15, 0.2) is 6.07 Å². The van der Waals surface area contributed by atoms with Crippen molar-refractivity contribution in [3.8, 4) is 0 Å². The Morgan fingerprint density at radius 3 is 2.20 bits per heavy atom. The summed E-state index contributed by atoms with van der Waals surface area (Å²) in [5.74, 6) is 1.58. The number of hydrogen-bond acceptors (Lipinski definition) is 2. The van der Waals surface area contributed by atoms with Gasteiger partial charge in [-0.3, -0.25) is 9.59 Å². The topological polar surface area (TPSA) is 56.4 Å². The molecule has 25 heavy (non-hydrogen) atoms. The molecule has 2 saturated heterocycles. The average Bonchev–Trinajstić information content (AvgIpc) is 2.94. The summed E-state index contributed by atoms with van der Waals surface area (Å²) in [5.41, 5.74) is 2.76. The van der Waals surface area contributed by atoms with Gasteiger partial charge in [0.05, 0.1) is 0 Å². The van der Waals surface area contributed by atoms with E-state index in [4.69, 9.17) is 0 Å². The predicted octanol–water partition coefficient (Wildman–Crippen LogP) is 3.13. The number of amides is 2. The minimum Gasteiger partial charge on any atom is -0.354 e. The molecule has 1 aromatic heterocycles. The first-order valence-electron chi connectivity index (χ1n) is 9.67. The number of aryl methyl sites for hydroxylation is 2. The van der Waals surface area contributed by atoms with Crippen LogP contribution < -0.4 is 0 Å². The summed E-state index contributed by atoms with van der Waals surface area (Å²) >= 11 is 0. The highest BCUT2D eigenvalue weighted by molar-refractivity contribution is 5.94. The zero-order valence-electron chi connectivity index (χ0n) is 15.8. The van der Waals surface area contributed by atoms with E-state index in [0.717, 1.165) is 74.7 Å². The lowest BCUT2D eigenvalue weighted by atomic mass is 9.91. The zero-order chi connectivity index (χ0) is 18.0. The van der Waals surface area contributed by atoms with Crippen molar-refractivity contribution in [2.45, 2.75) is 52.9 Å². The highest BCUT2D eigenvalue weighted by Crippen LogP contribution is 2.25. The van der Waals surface area contributed by atoms with E-state index in [1.807, 2.05) is 29.7 Å². The van der Waals surface area contributed by atoms with Crippen LogP contribution in [0.3, 0.4) is 0 Å². The van der Waals surface area contributed by atoms with Crippen molar-refractivity contribution in [1.82, 2.24) is 14.8 Å². The molecule has 2 aliphatic heterocycles. The maximum Gasteiger partial charge on any atom is 0.270 e. The molecule has 2 fully saturated rings. The molecule has 3 rings (SSSR count). The lowest BCUT2D eigenvalue weighted by Crippen LogP contribution is -2.42. The van der Waals surface area contributed by atoms with Crippen molar-refractivity contribution in [3.05, 3.63) is 23.0 Å². The quantitative estimate of drug-likeness (QED) is 0.915. The van der Waals surface area contributed by atoms with Crippen LogP contribution >= 0.6 is 0 Å². The fourth-order valence-electron chi connectivity index (χ4n) is 4.08. The van der Waals surface area contributed by atoms with E-state index in [2.05, 4.69) is 11.9 Å². The van der Waals surface area contributed by atoms with Crippen LogP contribution in [0.4, 0.5) is 0 Å². The van der Waals surface area contributed by atoms with Crippen LogP contribution in [0.25, 0.3) is 0 Å². The maximum atomic E-state index is 12.7. The summed E-state index contributed by atoms with van der Waals surface area (Å²) in [6, 6.07) is 2.01. The molecule has 0 radical (unpaired) electrons. The lowest BCUT2D eigenvalue weighted by molar-refractivity contribution is -0.133. The summed E-state index contributed by atoms with van der Waals surface area (Å²) in [7, 11) is 0.